The standard InChI is InChI=1S/C8H17N3.ClHO4/c1-3-11(4-2)7-5-6-10-8-9;2-1(3,4)5/h9H,3-7H2,1-2H3;(H,2,3,4,5). The number of halogens is 1. The van der Waals surface area contributed by atoms with E-state index in [0.717, 1.165) is 32.6 Å². The molecule has 8 heteroatoms. The minimum atomic E-state index is -4.69. The van der Waals surface area contributed by atoms with Crippen molar-refractivity contribution in [3.63, 3.8) is 0 Å². The Hall–Kier alpha value is -0.530. The topological polar surface area (TPSA) is 129 Å². The summed E-state index contributed by atoms with van der Waals surface area (Å²) in [6.07, 6.45) is 1.04. The van der Waals surface area contributed by atoms with E-state index in [1.54, 1.807) is 0 Å². The first-order valence-corrected chi connectivity index (χ1v) is 6.05. The Morgan fingerprint density at radius 2 is 1.75 bits per heavy atom. The van der Waals surface area contributed by atoms with E-state index in [-0.39, 0.29) is 0 Å². The van der Waals surface area contributed by atoms with Gasteiger partial charge < -0.3 is 4.90 Å². The number of hydrogen-bond acceptors (Lipinski definition) is 7. The molecule has 0 bridgehead atoms. The highest BCUT2D eigenvalue weighted by atomic mass is 35.7. The van der Waals surface area contributed by atoms with Gasteiger partial charge in [-0.3, -0.25) is 0 Å². The average molecular weight is 256 g/mol. The summed E-state index contributed by atoms with van der Waals surface area (Å²) in [7, 11) is -4.69. The van der Waals surface area contributed by atoms with Crippen LogP contribution < -0.4 is 14.0 Å². The molecule has 0 radical (unpaired) electrons. The van der Waals surface area contributed by atoms with E-state index < -0.39 is 10.2 Å². The van der Waals surface area contributed by atoms with Gasteiger partial charge in [0.05, 0.1) is 27.5 Å². The molecule has 0 heterocycles. The highest BCUT2D eigenvalue weighted by Crippen LogP contribution is 1.89. The van der Waals surface area contributed by atoms with E-state index >= 15 is 0 Å². The molecule has 0 aliphatic rings. The molecule has 0 aromatic carbocycles. The van der Waals surface area contributed by atoms with Crippen LogP contribution in [-0.4, -0.2) is 41.7 Å². The van der Waals surface area contributed by atoms with Gasteiger partial charge in [0.2, 0.25) is 0 Å². The molecule has 0 unspecified atom stereocenters. The summed E-state index contributed by atoms with van der Waals surface area (Å²) in [5.41, 5.74) is 0. The Balaban J connectivity index is 0. The van der Waals surface area contributed by atoms with E-state index in [0.29, 0.717) is 0 Å². The second kappa shape index (κ2) is 11.0. The predicted octanol–water partition coefficient (Wildman–Crippen LogP) is -2.65. The third-order valence-electron chi connectivity index (χ3n) is 1.72. The van der Waals surface area contributed by atoms with Gasteiger partial charge in [-0.25, -0.2) is 10.4 Å². The lowest BCUT2D eigenvalue weighted by atomic mass is 10.4. The summed E-state index contributed by atoms with van der Waals surface area (Å²) >= 11 is 0. The molecule has 0 atom stereocenters. The monoisotopic (exact) mass is 255 g/mol. The molecule has 0 amide bonds. The normalized spacial score (nSPS) is 10.4. The van der Waals surface area contributed by atoms with Gasteiger partial charge in [0.15, 0.2) is 0 Å². The van der Waals surface area contributed by atoms with Crippen LogP contribution in [0.4, 0.5) is 0 Å². The van der Waals surface area contributed by atoms with Gasteiger partial charge in [0, 0.05) is 0 Å². The lowest BCUT2D eigenvalue weighted by Gasteiger charge is -2.16. The highest BCUT2D eigenvalue weighted by Gasteiger charge is 1.98. The van der Waals surface area contributed by atoms with E-state index in [9.17, 15) is 0 Å². The number of rotatable bonds is 6. The van der Waals surface area contributed by atoms with E-state index in [1.165, 1.54) is 0 Å². The van der Waals surface area contributed by atoms with Crippen molar-refractivity contribution in [2.24, 2.45) is 4.99 Å². The Bertz CT molecular complexity index is 194. The molecule has 0 aliphatic carbocycles. The molecule has 0 saturated carbocycles. The molecular weight excluding hydrogens is 238 g/mol. The molecule has 16 heavy (non-hydrogen) atoms. The maximum Gasteiger partial charge on any atom is 0.0861 e. The van der Waals surface area contributed by atoms with Gasteiger partial charge in [-0.2, -0.15) is 14.0 Å². The van der Waals surface area contributed by atoms with Gasteiger partial charge in [-0.1, -0.05) is 13.8 Å². The fourth-order valence-corrected chi connectivity index (χ4v) is 0.969. The van der Waals surface area contributed by atoms with Crippen molar-refractivity contribution in [2.75, 3.05) is 26.2 Å². The van der Waals surface area contributed by atoms with Crippen LogP contribution in [0.5, 0.6) is 0 Å². The third kappa shape index (κ3) is 23.4. The minimum Gasteiger partial charge on any atom is -0.304 e. The molecule has 0 aliphatic heterocycles. The van der Waals surface area contributed by atoms with Crippen LogP contribution in [0.25, 0.3) is 0 Å². The average Bonchev–Trinajstić information content (AvgIpc) is 2.16. The summed E-state index contributed by atoms with van der Waals surface area (Å²) in [6.45, 7) is 8.33. The van der Waals surface area contributed by atoms with Crippen molar-refractivity contribution in [1.82, 2.24) is 4.90 Å². The van der Waals surface area contributed by atoms with Gasteiger partial charge in [0.1, 0.15) is 0 Å². The van der Waals surface area contributed by atoms with Crippen LogP contribution in [0, 0.1) is 15.7 Å². The Kier molecular flexibility index (Phi) is 12.2. The van der Waals surface area contributed by atoms with Gasteiger partial charge in [-0.05, 0) is 26.1 Å². The zero-order valence-electron chi connectivity index (χ0n) is 9.48. The zero-order valence-corrected chi connectivity index (χ0v) is 10.2. The molecule has 0 spiro atoms. The molecule has 0 saturated heterocycles. The minimum absolute atomic E-state index is 0.736. The Labute approximate surface area is 97.3 Å². The summed E-state index contributed by atoms with van der Waals surface area (Å²) in [5, 5.41) is 6.55. The van der Waals surface area contributed by atoms with Gasteiger partial charge in [0.25, 0.3) is 0 Å². The van der Waals surface area contributed by atoms with Crippen LogP contribution in [0.15, 0.2) is 4.99 Å². The predicted molar refractivity (Wildman–Crippen MR) is 49.6 cm³/mol. The molecular formula is C8H18ClN3O4. The van der Waals surface area contributed by atoms with E-state index in [2.05, 4.69) is 23.7 Å². The number of hydrogen-bond donors (Lipinski definition) is 2. The number of nitrogens with one attached hydrogen (secondary N) is 1. The molecule has 0 aromatic heterocycles. The second-order valence-electron chi connectivity index (χ2n) is 2.77. The fraction of sp³-hybridized carbons (Fsp3) is 0.875. The van der Waals surface area contributed by atoms with Crippen molar-refractivity contribution in [1.29, 1.82) is 5.41 Å². The van der Waals surface area contributed by atoms with Crippen LogP contribution in [0.2, 0.25) is 0 Å². The lowest BCUT2D eigenvalue weighted by Crippen LogP contribution is -2.58. The molecule has 7 nitrogen and oxygen atoms in total. The van der Waals surface area contributed by atoms with Crippen molar-refractivity contribution in [3.8, 4) is 0 Å². The number of nitrogens with zero attached hydrogens (tertiary/aromatic N) is 2. The van der Waals surface area contributed by atoms with Crippen LogP contribution in [-0.2, 0) is 0 Å². The first kappa shape index (κ1) is 17.9. The lowest BCUT2D eigenvalue weighted by molar-refractivity contribution is -1.92. The largest absolute Gasteiger partial charge is 0.304 e. The van der Waals surface area contributed by atoms with Crippen LogP contribution >= 0.6 is 0 Å². The molecule has 0 aromatic rings. The molecule has 0 fully saturated rings. The second-order valence-corrected chi connectivity index (χ2v) is 3.56. The Morgan fingerprint density at radius 3 is 2.06 bits per heavy atom. The van der Waals surface area contributed by atoms with E-state index in [1.807, 2.05) is 6.01 Å². The first-order chi connectivity index (χ1) is 7.35. The maximum absolute atomic E-state index is 8.60. The summed E-state index contributed by atoms with van der Waals surface area (Å²) in [6, 6.07) is 2.03. The first-order valence-electron chi connectivity index (χ1n) is 4.78. The summed E-state index contributed by atoms with van der Waals surface area (Å²) in [5.74, 6) is 0. The van der Waals surface area contributed by atoms with Crippen molar-refractivity contribution in [2.45, 2.75) is 20.3 Å². The molecule has 96 valence electrons. The molecule has 0 rings (SSSR count). The fourth-order valence-electron chi connectivity index (χ4n) is 0.969. The maximum atomic E-state index is 8.60. The molecule has 2 N–H and O–H groups in total. The third-order valence-corrected chi connectivity index (χ3v) is 1.72. The SMILES string of the molecule is CCN(CC)CCCN=C=N.[O-][Cl+3]([O-])([O-])O. The van der Waals surface area contributed by atoms with Crippen LogP contribution in [0.3, 0.4) is 0 Å². The highest BCUT2D eigenvalue weighted by molar-refractivity contribution is 5.35. The Morgan fingerprint density at radius 1 is 1.31 bits per heavy atom. The summed E-state index contributed by atoms with van der Waals surface area (Å²) < 4.78 is 32.7. The van der Waals surface area contributed by atoms with Gasteiger partial charge >= 0.3 is 0 Å². The van der Waals surface area contributed by atoms with Crippen molar-refractivity contribution < 1.29 is 28.9 Å². The quantitative estimate of drug-likeness (QED) is 0.396. The van der Waals surface area contributed by atoms with Crippen molar-refractivity contribution >= 4 is 6.01 Å². The van der Waals surface area contributed by atoms with Gasteiger partial charge in [-0.15, -0.1) is 0 Å². The smallest absolute Gasteiger partial charge is 0.0861 e. The van der Waals surface area contributed by atoms with E-state index in [4.69, 9.17) is 24.0 Å². The van der Waals surface area contributed by atoms with Crippen molar-refractivity contribution in [3.05, 3.63) is 0 Å². The zero-order chi connectivity index (χ0) is 13.0. The summed E-state index contributed by atoms with van der Waals surface area (Å²) in [4.78, 5) is 6.05. The van der Waals surface area contributed by atoms with Crippen LogP contribution in [0.1, 0.15) is 20.3 Å². The number of aliphatic imine (C=N–C) groups is 1.